The smallest absolute Gasteiger partial charge is 0.247 e. The number of hydrogen-bond donors (Lipinski definition) is 0. The van der Waals surface area contributed by atoms with Crippen LogP contribution in [0.2, 0.25) is 0 Å². The molecule has 6 rings (SSSR count). The molecule has 3 aliphatic rings. The molecular formula is C27H20BrN5O2. The van der Waals surface area contributed by atoms with E-state index in [4.69, 9.17) is 0 Å². The van der Waals surface area contributed by atoms with Crippen molar-refractivity contribution >= 4 is 44.9 Å². The van der Waals surface area contributed by atoms with E-state index in [-0.39, 0.29) is 17.3 Å². The van der Waals surface area contributed by atoms with Crippen molar-refractivity contribution < 1.29 is 9.59 Å². The Balaban J connectivity index is 1.79. The predicted octanol–water partition coefficient (Wildman–Crippen LogP) is 4.78. The number of Topliss-reactive ketones (excluding diaryl/α,β-unsaturated/α-hetero) is 1. The van der Waals surface area contributed by atoms with Gasteiger partial charge in [0.1, 0.15) is 23.1 Å². The summed E-state index contributed by atoms with van der Waals surface area (Å²) >= 11 is 3.44. The first-order valence-corrected chi connectivity index (χ1v) is 12.1. The second-order valence-electron chi connectivity index (χ2n) is 8.80. The molecule has 0 N–H and O–H groups in total. The largest absolute Gasteiger partial charge is 0.314 e. The molecule has 4 heterocycles. The van der Waals surface area contributed by atoms with E-state index in [2.05, 4.69) is 27.0 Å². The van der Waals surface area contributed by atoms with Crippen molar-refractivity contribution in [1.29, 1.82) is 5.26 Å². The van der Waals surface area contributed by atoms with Crippen molar-refractivity contribution in [1.82, 2.24) is 9.55 Å². The lowest BCUT2D eigenvalue weighted by Gasteiger charge is -2.44. The van der Waals surface area contributed by atoms with E-state index < -0.39 is 5.41 Å². The highest BCUT2D eigenvalue weighted by Crippen LogP contribution is 2.57. The van der Waals surface area contributed by atoms with Crippen LogP contribution in [0.4, 0.5) is 11.5 Å². The van der Waals surface area contributed by atoms with Crippen LogP contribution >= 0.6 is 15.9 Å². The molecule has 0 saturated carbocycles. The number of aromatic nitrogens is 2. The predicted molar refractivity (Wildman–Crippen MR) is 135 cm³/mol. The molecule has 1 spiro atoms. The molecule has 172 valence electrons. The standard InChI is InChI=1S/C27H20BrN5O2/c1-31-20-8-3-2-7-18(20)27(26(31)35)19(15-29)25(32-13-4-5-14-32)33(23-12-11-17(28)16-30-23)21-9-6-10-22(34)24(21)27/h2-5,7-8,11-14,16H,6,9-10H2,1H3. The molecule has 2 aliphatic heterocycles. The fraction of sp³-hybridized carbons (Fsp3) is 0.185. The zero-order valence-corrected chi connectivity index (χ0v) is 20.5. The number of anilines is 2. The van der Waals surface area contributed by atoms with Crippen LogP contribution in [0.1, 0.15) is 24.8 Å². The summed E-state index contributed by atoms with van der Waals surface area (Å²) in [6, 6.07) is 17.3. The van der Waals surface area contributed by atoms with Gasteiger partial charge in [-0.15, -0.1) is 0 Å². The van der Waals surface area contributed by atoms with Crippen molar-refractivity contribution in [2.75, 3.05) is 16.8 Å². The summed E-state index contributed by atoms with van der Waals surface area (Å²) in [5, 5.41) is 10.7. The highest BCUT2D eigenvalue weighted by atomic mass is 79.9. The summed E-state index contributed by atoms with van der Waals surface area (Å²) in [5.41, 5.74) is 1.20. The molecule has 7 nitrogen and oxygen atoms in total. The SMILES string of the molecule is CN1C(=O)C2(C(C#N)=C(n3cccc3)N(c3ccc(Br)cn3)C3=C2C(=O)CCC3)c2ccccc21. The molecule has 0 bridgehead atoms. The Morgan fingerprint density at radius 3 is 2.54 bits per heavy atom. The van der Waals surface area contributed by atoms with E-state index in [0.717, 1.165) is 10.2 Å². The maximum atomic E-state index is 14.2. The van der Waals surface area contributed by atoms with E-state index >= 15 is 0 Å². The first-order valence-electron chi connectivity index (χ1n) is 11.3. The third-order valence-electron chi connectivity index (χ3n) is 7.04. The van der Waals surface area contributed by atoms with Crippen LogP contribution in [0.3, 0.4) is 0 Å². The molecular weight excluding hydrogens is 506 g/mol. The van der Waals surface area contributed by atoms with Crippen LogP contribution in [0.5, 0.6) is 0 Å². The average molecular weight is 526 g/mol. The van der Waals surface area contributed by atoms with E-state index in [1.54, 1.807) is 18.1 Å². The van der Waals surface area contributed by atoms with Gasteiger partial charge in [-0.05, 0) is 59.1 Å². The third-order valence-corrected chi connectivity index (χ3v) is 7.51. The Bertz CT molecular complexity index is 1500. The number of amides is 1. The lowest BCUT2D eigenvalue weighted by Crippen LogP contribution is -2.51. The van der Waals surface area contributed by atoms with Gasteiger partial charge in [0.2, 0.25) is 5.91 Å². The summed E-state index contributed by atoms with van der Waals surface area (Å²) < 4.78 is 2.65. The Morgan fingerprint density at radius 1 is 1.06 bits per heavy atom. The molecule has 1 aromatic carbocycles. The van der Waals surface area contributed by atoms with E-state index in [9.17, 15) is 14.9 Å². The fourth-order valence-electron chi connectivity index (χ4n) is 5.65. The number of fused-ring (bicyclic) bond motifs is 3. The number of hydrogen-bond acceptors (Lipinski definition) is 5. The Hall–Kier alpha value is -3.96. The summed E-state index contributed by atoms with van der Waals surface area (Å²) in [5.74, 6) is 0.699. The average Bonchev–Trinajstić information content (AvgIpc) is 3.48. The molecule has 1 amide bonds. The molecule has 0 saturated heterocycles. The topological polar surface area (TPSA) is 82.2 Å². The molecule has 1 aliphatic carbocycles. The molecule has 8 heteroatoms. The maximum Gasteiger partial charge on any atom is 0.247 e. The summed E-state index contributed by atoms with van der Waals surface area (Å²) in [6.45, 7) is 0. The number of rotatable bonds is 2. The van der Waals surface area contributed by atoms with Gasteiger partial charge in [0.05, 0.1) is 5.57 Å². The number of halogens is 1. The number of para-hydroxylation sites is 1. The van der Waals surface area contributed by atoms with Crippen LogP contribution in [0, 0.1) is 11.3 Å². The first-order chi connectivity index (χ1) is 17.0. The Labute approximate surface area is 210 Å². The van der Waals surface area contributed by atoms with Gasteiger partial charge >= 0.3 is 0 Å². The van der Waals surface area contributed by atoms with E-state index in [1.165, 1.54) is 0 Å². The van der Waals surface area contributed by atoms with E-state index in [1.807, 2.05) is 70.4 Å². The van der Waals surface area contributed by atoms with Crippen LogP contribution in [-0.4, -0.2) is 28.3 Å². The van der Waals surface area contributed by atoms with Gasteiger partial charge in [0.25, 0.3) is 0 Å². The number of pyridine rings is 1. The van der Waals surface area contributed by atoms with Crippen LogP contribution in [0.25, 0.3) is 5.82 Å². The normalized spacial score (nSPS) is 21.5. The zero-order chi connectivity index (χ0) is 24.3. The minimum atomic E-state index is -1.50. The molecule has 0 radical (unpaired) electrons. The van der Waals surface area contributed by atoms with Gasteiger partial charge in [0, 0.05) is 59.1 Å². The molecule has 35 heavy (non-hydrogen) atoms. The quantitative estimate of drug-likeness (QED) is 0.480. The molecule has 1 atom stereocenters. The highest BCUT2D eigenvalue weighted by molar-refractivity contribution is 9.10. The number of nitriles is 1. The number of likely N-dealkylation sites (N-methyl/N-ethyl adjacent to an activating group) is 1. The van der Waals surface area contributed by atoms with Crippen molar-refractivity contribution in [2.45, 2.75) is 24.7 Å². The minimum Gasteiger partial charge on any atom is -0.314 e. The number of benzene rings is 1. The highest BCUT2D eigenvalue weighted by Gasteiger charge is 2.62. The van der Waals surface area contributed by atoms with Gasteiger partial charge < -0.3 is 9.47 Å². The first kappa shape index (κ1) is 21.6. The van der Waals surface area contributed by atoms with Crippen molar-refractivity contribution in [3.63, 3.8) is 0 Å². The Morgan fingerprint density at radius 2 is 1.83 bits per heavy atom. The lowest BCUT2D eigenvalue weighted by molar-refractivity contribution is -0.123. The zero-order valence-electron chi connectivity index (χ0n) is 18.9. The van der Waals surface area contributed by atoms with Crippen molar-refractivity contribution in [3.05, 3.63) is 94.0 Å². The minimum absolute atomic E-state index is 0.105. The Kier molecular flexibility index (Phi) is 4.80. The van der Waals surface area contributed by atoms with Gasteiger partial charge in [-0.25, -0.2) is 4.98 Å². The molecule has 1 unspecified atom stereocenters. The molecule has 0 fully saturated rings. The number of carbonyl (C=O) groups excluding carboxylic acids is 2. The second-order valence-corrected chi connectivity index (χ2v) is 9.72. The molecule has 2 aromatic heterocycles. The number of ketones is 1. The van der Waals surface area contributed by atoms with Gasteiger partial charge in [-0.3, -0.25) is 14.5 Å². The van der Waals surface area contributed by atoms with Crippen LogP contribution < -0.4 is 9.80 Å². The van der Waals surface area contributed by atoms with Crippen LogP contribution in [0.15, 0.2) is 88.4 Å². The summed E-state index contributed by atoms with van der Waals surface area (Å²) in [6.07, 6.45) is 6.96. The fourth-order valence-corrected chi connectivity index (χ4v) is 5.89. The van der Waals surface area contributed by atoms with E-state index in [0.29, 0.717) is 47.7 Å². The van der Waals surface area contributed by atoms with Gasteiger partial charge in [-0.1, -0.05) is 18.2 Å². The number of allylic oxidation sites excluding steroid dienone is 1. The third kappa shape index (κ3) is 2.79. The second kappa shape index (κ2) is 7.79. The lowest BCUT2D eigenvalue weighted by atomic mass is 9.63. The summed E-state index contributed by atoms with van der Waals surface area (Å²) in [7, 11) is 1.70. The van der Waals surface area contributed by atoms with Gasteiger partial charge in [0.15, 0.2) is 5.78 Å². The number of carbonyl (C=O) groups is 2. The van der Waals surface area contributed by atoms with Gasteiger partial charge in [-0.2, -0.15) is 5.26 Å². The maximum absolute atomic E-state index is 14.2. The van der Waals surface area contributed by atoms with Crippen molar-refractivity contribution in [3.8, 4) is 6.07 Å². The van der Waals surface area contributed by atoms with Crippen LogP contribution in [-0.2, 0) is 15.0 Å². The van der Waals surface area contributed by atoms with Crippen molar-refractivity contribution in [2.24, 2.45) is 0 Å². The summed E-state index contributed by atoms with van der Waals surface area (Å²) in [4.78, 5) is 36.0. The molecule has 3 aromatic rings. The monoisotopic (exact) mass is 525 g/mol. The number of nitrogens with zero attached hydrogens (tertiary/aromatic N) is 5.